The van der Waals surface area contributed by atoms with Crippen LogP contribution in [0, 0.1) is 14.9 Å². The van der Waals surface area contributed by atoms with E-state index in [9.17, 15) is 4.79 Å². The summed E-state index contributed by atoms with van der Waals surface area (Å²) in [6.07, 6.45) is 0.829. The van der Waals surface area contributed by atoms with Gasteiger partial charge in [0.1, 0.15) is 5.75 Å². The summed E-state index contributed by atoms with van der Waals surface area (Å²) in [6, 6.07) is 7.55. The summed E-state index contributed by atoms with van der Waals surface area (Å²) in [5.41, 5.74) is 0.141. The smallest absolute Gasteiger partial charge is 0.314 e. The number of esters is 1. The molecule has 0 aromatic heterocycles. The Labute approximate surface area is 117 Å². The summed E-state index contributed by atoms with van der Waals surface area (Å²) < 4.78 is 6.37. The summed E-state index contributed by atoms with van der Waals surface area (Å²) in [7, 11) is 0. The molecule has 17 heavy (non-hydrogen) atoms. The minimum Gasteiger partial charge on any atom is -0.425 e. The Bertz CT molecular complexity index is 393. The number of hydrogen-bond acceptors (Lipinski definition) is 2. The second kappa shape index (κ2) is 5.85. The topological polar surface area (TPSA) is 26.3 Å². The van der Waals surface area contributed by atoms with Crippen LogP contribution in [0.25, 0.3) is 0 Å². The van der Waals surface area contributed by atoms with E-state index in [1.165, 1.54) is 0 Å². The van der Waals surface area contributed by atoms with Gasteiger partial charge in [0.2, 0.25) is 0 Å². The molecule has 1 unspecified atom stereocenters. The molecule has 0 aliphatic rings. The average Bonchev–Trinajstić information content (AvgIpc) is 2.18. The minimum absolute atomic E-state index is 0.0778. The number of rotatable bonds is 3. The molecule has 1 rings (SSSR count). The van der Waals surface area contributed by atoms with Crippen LogP contribution in [-0.2, 0) is 4.79 Å². The second-order valence-electron chi connectivity index (χ2n) is 5.52. The molecule has 0 saturated carbocycles. The van der Waals surface area contributed by atoms with E-state index >= 15 is 0 Å². The van der Waals surface area contributed by atoms with Crippen LogP contribution in [0.1, 0.15) is 34.1 Å². The van der Waals surface area contributed by atoms with Crippen molar-refractivity contribution in [2.75, 3.05) is 0 Å². The minimum atomic E-state index is -0.149. The van der Waals surface area contributed by atoms with E-state index in [0.29, 0.717) is 5.75 Å². The molecule has 0 spiro atoms. The molecule has 0 amide bonds. The number of para-hydroxylation sites is 1. The van der Waals surface area contributed by atoms with Gasteiger partial charge in [0.15, 0.2) is 0 Å². The largest absolute Gasteiger partial charge is 0.425 e. The highest BCUT2D eigenvalue weighted by atomic mass is 127. The third-order valence-corrected chi connectivity index (χ3v) is 3.26. The number of halogens is 1. The lowest BCUT2D eigenvalue weighted by atomic mass is 9.85. The van der Waals surface area contributed by atoms with Gasteiger partial charge in [0.05, 0.1) is 9.49 Å². The summed E-state index contributed by atoms with van der Waals surface area (Å²) in [5, 5.41) is 0. The number of hydrogen-bond donors (Lipinski definition) is 0. The van der Waals surface area contributed by atoms with Gasteiger partial charge in [-0.25, -0.2) is 0 Å². The van der Waals surface area contributed by atoms with Crippen LogP contribution in [0.5, 0.6) is 5.75 Å². The van der Waals surface area contributed by atoms with Crippen molar-refractivity contribution in [2.24, 2.45) is 11.3 Å². The van der Waals surface area contributed by atoms with Crippen molar-refractivity contribution in [3.8, 4) is 5.75 Å². The van der Waals surface area contributed by atoms with Gasteiger partial charge in [-0.05, 0) is 46.6 Å². The molecule has 0 saturated heterocycles. The molecule has 0 radical (unpaired) electrons. The van der Waals surface area contributed by atoms with E-state index in [-0.39, 0.29) is 17.3 Å². The van der Waals surface area contributed by atoms with Gasteiger partial charge in [0, 0.05) is 0 Å². The zero-order chi connectivity index (χ0) is 13.1. The molecule has 1 aromatic carbocycles. The normalized spacial score (nSPS) is 13.2. The highest BCUT2D eigenvalue weighted by molar-refractivity contribution is 14.1. The molecule has 0 aliphatic heterocycles. The molecule has 3 heteroatoms. The molecule has 0 fully saturated rings. The number of ether oxygens (including phenoxy) is 1. The third-order valence-electron chi connectivity index (χ3n) is 2.37. The van der Waals surface area contributed by atoms with Crippen LogP contribution in [0.3, 0.4) is 0 Å². The van der Waals surface area contributed by atoms with Crippen molar-refractivity contribution in [3.05, 3.63) is 27.8 Å². The van der Waals surface area contributed by atoms with E-state index in [2.05, 4.69) is 43.4 Å². The van der Waals surface area contributed by atoms with Gasteiger partial charge in [-0.15, -0.1) is 0 Å². The van der Waals surface area contributed by atoms with Crippen molar-refractivity contribution >= 4 is 28.6 Å². The quantitative estimate of drug-likeness (QED) is 0.464. The maximum atomic E-state index is 11.9. The van der Waals surface area contributed by atoms with Crippen LogP contribution in [0.15, 0.2) is 24.3 Å². The first-order chi connectivity index (χ1) is 7.79. The fourth-order valence-electron chi connectivity index (χ4n) is 1.74. The van der Waals surface area contributed by atoms with Crippen LogP contribution in [0.4, 0.5) is 0 Å². The molecular weight excluding hydrogens is 327 g/mol. The summed E-state index contributed by atoms with van der Waals surface area (Å²) in [4.78, 5) is 11.9. The molecule has 1 atom stereocenters. The first-order valence-corrected chi connectivity index (χ1v) is 6.84. The zero-order valence-electron chi connectivity index (χ0n) is 10.8. The van der Waals surface area contributed by atoms with E-state index in [1.54, 1.807) is 0 Å². The summed E-state index contributed by atoms with van der Waals surface area (Å²) in [5.74, 6) is 0.425. The molecular formula is C14H19IO2. The van der Waals surface area contributed by atoms with Gasteiger partial charge in [-0.1, -0.05) is 39.8 Å². The summed E-state index contributed by atoms with van der Waals surface area (Å²) >= 11 is 2.17. The fraction of sp³-hybridized carbons (Fsp3) is 0.500. The zero-order valence-corrected chi connectivity index (χ0v) is 12.9. The van der Waals surface area contributed by atoms with Gasteiger partial charge < -0.3 is 4.74 Å². The van der Waals surface area contributed by atoms with E-state index in [1.807, 2.05) is 31.2 Å². The fourth-order valence-corrected chi connectivity index (χ4v) is 2.24. The van der Waals surface area contributed by atoms with Crippen LogP contribution in [0.2, 0.25) is 0 Å². The monoisotopic (exact) mass is 346 g/mol. The lowest BCUT2D eigenvalue weighted by Gasteiger charge is -2.22. The highest BCUT2D eigenvalue weighted by Gasteiger charge is 2.22. The standard InChI is InChI=1S/C14H19IO2/c1-10(9-14(2,3)4)13(16)17-12-8-6-5-7-11(12)15/h5-8,10H,9H2,1-4H3. The molecule has 1 aromatic rings. The number of carbonyl (C=O) groups is 1. The second-order valence-corrected chi connectivity index (χ2v) is 6.68. The predicted octanol–water partition coefficient (Wildman–Crippen LogP) is 4.27. The van der Waals surface area contributed by atoms with Crippen LogP contribution in [-0.4, -0.2) is 5.97 Å². The first kappa shape index (κ1) is 14.5. The Hall–Kier alpha value is -0.580. The molecule has 0 heterocycles. The molecule has 0 aliphatic carbocycles. The van der Waals surface area contributed by atoms with Gasteiger partial charge >= 0.3 is 5.97 Å². The van der Waals surface area contributed by atoms with Gasteiger partial charge in [-0.2, -0.15) is 0 Å². The number of carbonyl (C=O) groups excluding carboxylic acids is 1. The average molecular weight is 346 g/mol. The van der Waals surface area contributed by atoms with E-state index in [4.69, 9.17) is 4.74 Å². The Balaban J connectivity index is 2.64. The highest BCUT2D eigenvalue weighted by Crippen LogP contribution is 2.26. The number of benzene rings is 1. The molecule has 94 valence electrons. The molecule has 2 nitrogen and oxygen atoms in total. The third kappa shape index (κ3) is 5.06. The lowest BCUT2D eigenvalue weighted by molar-refractivity contribution is -0.139. The van der Waals surface area contributed by atoms with Gasteiger partial charge in [0.25, 0.3) is 0 Å². The van der Waals surface area contributed by atoms with Crippen molar-refractivity contribution in [2.45, 2.75) is 34.1 Å². The van der Waals surface area contributed by atoms with Gasteiger partial charge in [-0.3, -0.25) is 4.79 Å². The Morgan fingerprint density at radius 3 is 2.47 bits per heavy atom. The van der Waals surface area contributed by atoms with Crippen molar-refractivity contribution in [3.63, 3.8) is 0 Å². The Morgan fingerprint density at radius 2 is 1.94 bits per heavy atom. The van der Waals surface area contributed by atoms with Crippen molar-refractivity contribution in [1.82, 2.24) is 0 Å². The molecule has 0 N–H and O–H groups in total. The van der Waals surface area contributed by atoms with E-state index in [0.717, 1.165) is 9.99 Å². The molecule has 0 bridgehead atoms. The Morgan fingerprint density at radius 1 is 1.35 bits per heavy atom. The van der Waals surface area contributed by atoms with Crippen molar-refractivity contribution < 1.29 is 9.53 Å². The lowest BCUT2D eigenvalue weighted by Crippen LogP contribution is -2.23. The van der Waals surface area contributed by atoms with E-state index < -0.39 is 0 Å². The van der Waals surface area contributed by atoms with Crippen LogP contribution >= 0.6 is 22.6 Å². The van der Waals surface area contributed by atoms with Crippen LogP contribution < -0.4 is 4.74 Å². The Kier molecular flexibility index (Phi) is 4.98. The first-order valence-electron chi connectivity index (χ1n) is 5.76. The predicted molar refractivity (Wildman–Crippen MR) is 78.0 cm³/mol. The maximum Gasteiger partial charge on any atom is 0.314 e. The maximum absolute atomic E-state index is 11.9. The summed E-state index contributed by atoms with van der Waals surface area (Å²) in [6.45, 7) is 8.30. The SMILES string of the molecule is CC(CC(C)(C)C)C(=O)Oc1ccccc1I. The van der Waals surface area contributed by atoms with Crippen molar-refractivity contribution in [1.29, 1.82) is 0 Å².